The van der Waals surface area contributed by atoms with Crippen molar-refractivity contribution in [3.8, 4) is 17.2 Å². The molecule has 4 nitrogen and oxygen atoms in total. The highest BCUT2D eigenvalue weighted by molar-refractivity contribution is 6.37. The molecule has 0 saturated carbocycles. The van der Waals surface area contributed by atoms with Crippen LogP contribution in [0.4, 0.5) is 0 Å². The molecule has 0 aliphatic heterocycles. The molecule has 0 spiro atoms. The molecule has 220 valence electrons. The van der Waals surface area contributed by atoms with Crippen molar-refractivity contribution in [1.82, 2.24) is 18.9 Å². The van der Waals surface area contributed by atoms with Crippen molar-refractivity contribution in [3.63, 3.8) is 0 Å². The maximum atomic E-state index is 5.44. The van der Waals surface area contributed by atoms with E-state index < -0.39 is 0 Å². The second-order valence-electron chi connectivity index (χ2n) is 13.0. The standard InChI is InChI=1S/C44H24N4/c1-2-9-28-24-29(19-16-25(28)8-1)42-32-12-3-5-13-33(32)45-44(46-42)48-36-22-20-27-18-17-26-10-7-15-35-38(26)39(27)40(36)41-37(48)23-21-31-30-11-4-6-14-34(30)47(35)43(31)41/h1-24H. The Labute approximate surface area is 273 Å². The molecule has 4 aromatic heterocycles. The predicted molar refractivity (Wildman–Crippen MR) is 200 cm³/mol. The Kier molecular flexibility index (Phi) is 4.44. The lowest BCUT2D eigenvalue weighted by atomic mass is 9.97. The fourth-order valence-electron chi connectivity index (χ4n) is 8.59. The quantitative estimate of drug-likeness (QED) is 0.183. The molecule has 4 heterocycles. The summed E-state index contributed by atoms with van der Waals surface area (Å²) in [6.07, 6.45) is 0. The molecule has 0 fully saturated rings. The second kappa shape index (κ2) is 8.64. The number of para-hydroxylation sites is 2. The van der Waals surface area contributed by atoms with Gasteiger partial charge in [0.05, 0.1) is 38.8 Å². The number of nitrogens with zero attached hydrogens (tertiary/aromatic N) is 4. The number of rotatable bonds is 2. The van der Waals surface area contributed by atoms with Crippen molar-refractivity contribution in [2.24, 2.45) is 0 Å². The second-order valence-corrected chi connectivity index (χ2v) is 13.0. The molecule has 0 saturated heterocycles. The van der Waals surface area contributed by atoms with Crippen LogP contribution in [0.15, 0.2) is 146 Å². The zero-order valence-electron chi connectivity index (χ0n) is 25.6. The summed E-state index contributed by atoms with van der Waals surface area (Å²) < 4.78 is 4.80. The molecule has 0 aliphatic rings. The highest BCUT2D eigenvalue weighted by Gasteiger charge is 2.25. The van der Waals surface area contributed by atoms with Crippen molar-refractivity contribution >= 4 is 92.3 Å². The molecule has 8 aromatic carbocycles. The van der Waals surface area contributed by atoms with E-state index >= 15 is 0 Å². The van der Waals surface area contributed by atoms with Crippen LogP contribution >= 0.6 is 0 Å². The monoisotopic (exact) mass is 608 g/mol. The average Bonchev–Trinajstić information content (AvgIpc) is 3.62. The molecule has 0 aliphatic carbocycles. The van der Waals surface area contributed by atoms with Gasteiger partial charge in [0.15, 0.2) is 0 Å². The van der Waals surface area contributed by atoms with E-state index in [0.717, 1.165) is 33.2 Å². The molecule has 0 bridgehead atoms. The van der Waals surface area contributed by atoms with Crippen molar-refractivity contribution in [1.29, 1.82) is 0 Å². The van der Waals surface area contributed by atoms with Crippen LogP contribution in [-0.2, 0) is 0 Å². The van der Waals surface area contributed by atoms with E-state index in [1.807, 2.05) is 0 Å². The van der Waals surface area contributed by atoms with E-state index in [4.69, 9.17) is 9.97 Å². The van der Waals surface area contributed by atoms with Crippen molar-refractivity contribution in [3.05, 3.63) is 146 Å². The summed E-state index contributed by atoms with van der Waals surface area (Å²) in [6.45, 7) is 0. The molecule has 4 heteroatoms. The van der Waals surface area contributed by atoms with Crippen LogP contribution in [0.2, 0.25) is 0 Å². The molecule has 12 aromatic rings. The van der Waals surface area contributed by atoms with Gasteiger partial charge < -0.3 is 4.40 Å². The smallest absolute Gasteiger partial charge is 0.235 e. The van der Waals surface area contributed by atoms with Crippen LogP contribution in [0.5, 0.6) is 0 Å². The third-order valence-electron chi connectivity index (χ3n) is 10.6. The zero-order chi connectivity index (χ0) is 31.1. The van der Waals surface area contributed by atoms with E-state index in [-0.39, 0.29) is 0 Å². The fourth-order valence-corrected chi connectivity index (χ4v) is 8.59. The Hall–Kier alpha value is -6.52. The van der Waals surface area contributed by atoms with E-state index in [2.05, 4.69) is 155 Å². The number of fused-ring (bicyclic) bond motifs is 6. The molecule has 48 heavy (non-hydrogen) atoms. The summed E-state index contributed by atoms with van der Waals surface area (Å²) in [4.78, 5) is 10.7. The van der Waals surface area contributed by atoms with Gasteiger partial charge in [-0.3, -0.25) is 4.57 Å². The van der Waals surface area contributed by atoms with Crippen LogP contribution in [-0.4, -0.2) is 18.9 Å². The summed E-state index contributed by atoms with van der Waals surface area (Å²) in [5.41, 5.74) is 8.86. The van der Waals surface area contributed by atoms with Gasteiger partial charge in [0.1, 0.15) is 0 Å². The predicted octanol–water partition coefficient (Wildman–Crippen LogP) is 11.3. The van der Waals surface area contributed by atoms with Gasteiger partial charge in [0.25, 0.3) is 0 Å². The normalized spacial score (nSPS) is 12.6. The largest absolute Gasteiger partial charge is 0.308 e. The van der Waals surface area contributed by atoms with Gasteiger partial charge in [-0.05, 0) is 57.9 Å². The SMILES string of the molecule is c1ccc2cc(-c3nc(-n4c5ccc6ccc7cccc8c7c6c5c5c4ccc4c6ccccc6n8c45)nc4ccccc34)ccc2c1. The molecule has 0 unspecified atom stereocenters. The maximum absolute atomic E-state index is 5.44. The lowest BCUT2D eigenvalue weighted by Gasteiger charge is -2.13. The third-order valence-corrected chi connectivity index (χ3v) is 10.6. The summed E-state index contributed by atoms with van der Waals surface area (Å²) in [7, 11) is 0. The first-order valence-corrected chi connectivity index (χ1v) is 16.4. The van der Waals surface area contributed by atoms with Gasteiger partial charge >= 0.3 is 0 Å². The highest BCUT2D eigenvalue weighted by Crippen LogP contribution is 2.47. The van der Waals surface area contributed by atoms with E-state index in [1.54, 1.807) is 0 Å². The molecule has 12 rings (SSSR count). The lowest BCUT2D eigenvalue weighted by Crippen LogP contribution is -2.03. The summed E-state index contributed by atoms with van der Waals surface area (Å²) in [5, 5.41) is 13.6. The minimum absolute atomic E-state index is 0.680. The van der Waals surface area contributed by atoms with Crippen LogP contribution in [0.3, 0.4) is 0 Å². The molecular weight excluding hydrogens is 585 g/mol. The zero-order valence-corrected chi connectivity index (χ0v) is 25.6. The lowest BCUT2D eigenvalue weighted by molar-refractivity contribution is 1.01. The van der Waals surface area contributed by atoms with Crippen molar-refractivity contribution in [2.45, 2.75) is 0 Å². The van der Waals surface area contributed by atoms with Crippen LogP contribution in [0.1, 0.15) is 0 Å². The fraction of sp³-hybridized carbons (Fsp3) is 0. The number of hydrogen-bond donors (Lipinski definition) is 0. The van der Waals surface area contributed by atoms with E-state index in [0.29, 0.717) is 5.95 Å². The van der Waals surface area contributed by atoms with Gasteiger partial charge in [-0.15, -0.1) is 0 Å². The summed E-state index contributed by atoms with van der Waals surface area (Å²) in [6, 6.07) is 52.7. The highest BCUT2D eigenvalue weighted by atomic mass is 15.2. The maximum Gasteiger partial charge on any atom is 0.235 e. The summed E-state index contributed by atoms with van der Waals surface area (Å²) in [5.74, 6) is 0.680. The summed E-state index contributed by atoms with van der Waals surface area (Å²) >= 11 is 0. The Bertz CT molecular complexity index is 3290. The number of aromatic nitrogens is 4. The van der Waals surface area contributed by atoms with Crippen LogP contribution in [0, 0.1) is 0 Å². The van der Waals surface area contributed by atoms with Crippen molar-refractivity contribution in [2.75, 3.05) is 0 Å². The first kappa shape index (κ1) is 24.7. The van der Waals surface area contributed by atoms with Gasteiger partial charge in [-0.2, -0.15) is 0 Å². The Morgan fingerprint density at radius 2 is 1.08 bits per heavy atom. The van der Waals surface area contributed by atoms with E-state index in [1.165, 1.54) is 70.4 Å². The minimum atomic E-state index is 0.680. The molecule has 0 radical (unpaired) electrons. The number of hydrogen-bond acceptors (Lipinski definition) is 2. The minimum Gasteiger partial charge on any atom is -0.308 e. The Morgan fingerprint density at radius 1 is 0.396 bits per heavy atom. The average molecular weight is 609 g/mol. The third kappa shape index (κ3) is 2.96. The topological polar surface area (TPSA) is 35.1 Å². The van der Waals surface area contributed by atoms with Crippen molar-refractivity contribution < 1.29 is 0 Å². The molecule has 0 atom stereocenters. The molecular formula is C44H24N4. The van der Waals surface area contributed by atoms with Gasteiger partial charge in [0.2, 0.25) is 5.95 Å². The number of benzene rings is 8. The first-order valence-electron chi connectivity index (χ1n) is 16.4. The molecule has 0 N–H and O–H groups in total. The molecule has 0 amide bonds. The van der Waals surface area contributed by atoms with Crippen LogP contribution < -0.4 is 0 Å². The van der Waals surface area contributed by atoms with Gasteiger partial charge in [0, 0.05) is 43.3 Å². The van der Waals surface area contributed by atoms with E-state index in [9.17, 15) is 0 Å². The van der Waals surface area contributed by atoms with Gasteiger partial charge in [-0.25, -0.2) is 9.97 Å². The Morgan fingerprint density at radius 3 is 2.02 bits per heavy atom. The van der Waals surface area contributed by atoms with Crippen LogP contribution in [0.25, 0.3) is 110 Å². The first-order chi connectivity index (χ1) is 23.8. The Balaban J connectivity index is 1.30. The van der Waals surface area contributed by atoms with Gasteiger partial charge in [-0.1, -0.05) is 109 Å².